The predicted octanol–water partition coefficient (Wildman–Crippen LogP) is 1.45. The lowest BCUT2D eigenvalue weighted by Gasteiger charge is -2.30. The smallest absolute Gasteiger partial charge is 0.337 e. The lowest BCUT2D eigenvalue weighted by atomic mass is 10.1. The van der Waals surface area contributed by atoms with E-state index in [9.17, 15) is 4.79 Å². The van der Waals surface area contributed by atoms with Crippen molar-refractivity contribution in [3.8, 4) is 0 Å². The molecule has 0 radical (unpaired) electrons. The second-order valence-corrected chi connectivity index (χ2v) is 4.14. The fourth-order valence-corrected chi connectivity index (χ4v) is 2.03. The van der Waals surface area contributed by atoms with Gasteiger partial charge in [-0.05, 0) is 18.2 Å². The van der Waals surface area contributed by atoms with Crippen molar-refractivity contribution in [3.05, 3.63) is 28.8 Å². The van der Waals surface area contributed by atoms with E-state index in [4.69, 9.17) is 16.7 Å². The number of benzene rings is 1. The van der Waals surface area contributed by atoms with E-state index in [1.54, 1.807) is 12.1 Å². The zero-order valence-corrected chi connectivity index (χ0v) is 9.50. The Morgan fingerprint density at radius 3 is 2.69 bits per heavy atom. The normalized spacial score (nSPS) is 16.2. The maximum atomic E-state index is 11.1. The minimum Gasteiger partial charge on any atom is -0.478 e. The van der Waals surface area contributed by atoms with Gasteiger partial charge < -0.3 is 15.3 Å². The highest BCUT2D eigenvalue weighted by Gasteiger charge is 2.17. The molecule has 0 spiro atoms. The summed E-state index contributed by atoms with van der Waals surface area (Å²) in [5, 5.41) is 12.8. The third-order valence-corrected chi connectivity index (χ3v) is 2.88. The lowest BCUT2D eigenvalue weighted by molar-refractivity contribution is 0.0697. The molecule has 0 amide bonds. The molecule has 1 aromatic rings. The van der Waals surface area contributed by atoms with Crippen LogP contribution in [0.15, 0.2) is 18.2 Å². The summed E-state index contributed by atoms with van der Waals surface area (Å²) in [7, 11) is 0. The number of rotatable bonds is 2. The quantitative estimate of drug-likeness (QED) is 0.822. The van der Waals surface area contributed by atoms with Gasteiger partial charge in [-0.1, -0.05) is 11.6 Å². The van der Waals surface area contributed by atoms with Gasteiger partial charge in [0.25, 0.3) is 0 Å². The molecule has 1 aliphatic rings. The first kappa shape index (κ1) is 11.2. The third kappa shape index (κ3) is 2.28. The van der Waals surface area contributed by atoms with Crippen LogP contribution in [0.3, 0.4) is 0 Å². The highest BCUT2D eigenvalue weighted by molar-refractivity contribution is 6.31. The topological polar surface area (TPSA) is 52.6 Å². The third-order valence-electron chi connectivity index (χ3n) is 2.65. The van der Waals surface area contributed by atoms with E-state index in [1.807, 2.05) is 0 Å². The number of halogens is 1. The van der Waals surface area contributed by atoms with Crippen molar-refractivity contribution in [1.29, 1.82) is 0 Å². The maximum absolute atomic E-state index is 11.1. The SMILES string of the molecule is O=C(O)c1cc(Cl)ccc1N1CCNCC1. The molecule has 1 aromatic carbocycles. The van der Waals surface area contributed by atoms with Gasteiger partial charge in [0.05, 0.1) is 11.3 Å². The van der Waals surface area contributed by atoms with E-state index in [-0.39, 0.29) is 5.56 Å². The van der Waals surface area contributed by atoms with Crippen LogP contribution in [0.25, 0.3) is 0 Å². The lowest BCUT2D eigenvalue weighted by Crippen LogP contribution is -2.44. The minimum absolute atomic E-state index is 0.273. The van der Waals surface area contributed by atoms with Crippen LogP contribution in [-0.2, 0) is 0 Å². The first-order valence-corrected chi connectivity index (χ1v) is 5.55. The number of piperazine rings is 1. The summed E-state index contributed by atoms with van der Waals surface area (Å²) in [5.74, 6) is -0.934. The van der Waals surface area contributed by atoms with Gasteiger partial charge in [-0.25, -0.2) is 4.79 Å². The molecule has 5 heteroatoms. The number of hydrogen-bond acceptors (Lipinski definition) is 3. The minimum atomic E-state index is -0.934. The Morgan fingerprint density at radius 1 is 1.38 bits per heavy atom. The average molecular weight is 241 g/mol. The van der Waals surface area contributed by atoms with Crippen LogP contribution in [0.4, 0.5) is 5.69 Å². The molecule has 1 aliphatic heterocycles. The first-order chi connectivity index (χ1) is 7.68. The van der Waals surface area contributed by atoms with E-state index < -0.39 is 5.97 Å². The van der Waals surface area contributed by atoms with Crippen LogP contribution in [-0.4, -0.2) is 37.3 Å². The Bertz CT molecular complexity index is 403. The Labute approximate surface area is 98.8 Å². The number of nitrogens with one attached hydrogen (secondary N) is 1. The van der Waals surface area contributed by atoms with Crippen LogP contribution in [0, 0.1) is 0 Å². The number of nitrogens with zero attached hydrogens (tertiary/aromatic N) is 1. The number of carboxylic acid groups (broad SMARTS) is 1. The molecule has 0 unspecified atom stereocenters. The molecule has 1 fully saturated rings. The predicted molar refractivity (Wildman–Crippen MR) is 63.5 cm³/mol. The van der Waals surface area contributed by atoms with Gasteiger partial charge in [0.2, 0.25) is 0 Å². The van der Waals surface area contributed by atoms with Gasteiger partial charge in [0.15, 0.2) is 0 Å². The van der Waals surface area contributed by atoms with Crippen molar-refractivity contribution in [1.82, 2.24) is 5.32 Å². The Hall–Kier alpha value is -1.26. The molecule has 0 aromatic heterocycles. The molecule has 16 heavy (non-hydrogen) atoms. The van der Waals surface area contributed by atoms with Gasteiger partial charge >= 0.3 is 5.97 Å². The molecule has 0 bridgehead atoms. The van der Waals surface area contributed by atoms with Crippen molar-refractivity contribution < 1.29 is 9.90 Å². The molecular weight excluding hydrogens is 228 g/mol. The summed E-state index contributed by atoms with van der Waals surface area (Å²) in [6.45, 7) is 3.40. The van der Waals surface area contributed by atoms with Crippen molar-refractivity contribution in [3.63, 3.8) is 0 Å². The van der Waals surface area contributed by atoms with Crippen LogP contribution < -0.4 is 10.2 Å². The van der Waals surface area contributed by atoms with E-state index in [0.29, 0.717) is 5.02 Å². The van der Waals surface area contributed by atoms with E-state index in [0.717, 1.165) is 31.9 Å². The van der Waals surface area contributed by atoms with E-state index in [1.165, 1.54) is 6.07 Å². The van der Waals surface area contributed by atoms with Gasteiger partial charge in [-0.15, -0.1) is 0 Å². The number of carbonyl (C=O) groups is 1. The van der Waals surface area contributed by atoms with Gasteiger partial charge in [-0.3, -0.25) is 0 Å². The van der Waals surface area contributed by atoms with Gasteiger partial charge in [0, 0.05) is 31.2 Å². The van der Waals surface area contributed by atoms with Crippen LogP contribution in [0.1, 0.15) is 10.4 Å². The van der Waals surface area contributed by atoms with Gasteiger partial charge in [0.1, 0.15) is 0 Å². The summed E-state index contributed by atoms with van der Waals surface area (Å²) in [4.78, 5) is 13.2. The molecule has 0 atom stereocenters. The van der Waals surface area contributed by atoms with E-state index >= 15 is 0 Å². The summed E-state index contributed by atoms with van der Waals surface area (Å²) in [5.41, 5.74) is 1.02. The van der Waals surface area contributed by atoms with Gasteiger partial charge in [-0.2, -0.15) is 0 Å². The fourth-order valence-electron chi connectivity index (χ4n) is 1.86. The average Bonchev–Trinajstić information content (AvgIpc) is 2.30. The second-order valence-electron chi connectivity index (χ2n) is 3.70. The van der Waals surface area contributed by atoms with Crippen molar-refractivity contribution in [2.45, 2.75) is 0 Å². The first-order valence-electron chi connectivity index (χ1n) is 5.17. The number of hydrogen-bond donors (Lipinski definition) is 2. The van der Waals surface area contributed by atoms with Crippen molar-refractivity contribution >= 4 is 23.3 Å². The monoisotopic (exact) mass is 240 g/mol. The zero-order chi connectivity index (χ0) is 11.5. The highest BCUT2D eigenvalue weighted by atomic mass is 35.5. The summed E-state index contributed by atoms with van der Waals surface area (Å²) < 4.78 is 0. The molecule has 2 rings (SSSR count). The largest absolute Gasteiger partial charge is 0.478 e. The molecule has 86 valence electrons. The Balaban J connectivity index is 2.34. The Morgan fingerprint density at radius 2 is 2.06 bits per heavy atom. The molecular formula is C11H13ClN2O2. The molecule has 1 saturated heterocycles. The molecule has 0 saturated carbocycles. The summed E-state index contributed by atoms with van der Waals surface area (Å²) >= 11 is 5.81. The fraction of sp³-hybridized carbons (Fsp3) is 0.364. The zero-order valence-electron chi connectivity index (χ0n) is 8.74. The summed E-state index contributed by atoms with van der Waals surface area (Å²) in [6.07, 6.45) is 0. The maximum Gasteiger partial charge on any atom is 0.337 e. The number of aromatic carboxylic acids is 1. The number of anilines is 1. The number of carboxylic acids is 1. The van der Waals surface area contributed by atoms with Crippen LogP contribution >= 0.6 is 11.6 Å². The van der Waals surface area contributed by atoms with E-state index in [2.05, 4.69) is 10.2 Å². The summed E-state index contributed by atoms with van der Waals surface area (Å²) in [6, 6.07) is 5.00. The standard InChI is InChI=1S/C11H13ClN2O2/c12-8-1-2-10(9(7-8)11(15)16)14-5-3-13-4-6-14/h1-2,7,13H,3-6H2,(H,15,16). The Kier molecular flexibility index (Phi) is 3.31. The van der Waals surface area contributed by atoms with Crippen LogP contribution in [0.5, 0.6) is 0 Å². The molecule has 2 N–H and O–H groups in total. The highest BCUT2D eigenvalue weighted by Crippen LogP contribution is 2.24. The van der Waals surface area contributed by atoms with Crippen molar-refractivity contribution in [2.24, 2.45) is 0 Å². The second kappa shape index (κ2) is 4.72. The van der Waals surface area contributed by atoms with Crippen LogP contribution in [0.2, 0.25) is 5.02 Å². The molecule has 0 aliphatic carbocycles. The van der Waals surface area contributed by atoms with Crippen molar-refractivity contribution in [2.75, 3.05) is 31.1 Å². The molecule has 4 nitrogen and oxygen atoms in total. The molecule has 1 heterocycles.